The van der Waals surface area contributed by atoms with Crippen LogP contribution in [0.1, 0.15) is 99.1 Å². The average molecular weight is 757 g/mol. The topological polar surface area (TPSA) is 148 Å². The van der Waals surface area contributed by atoms with Gasteiger partial charge in [-0.25, -0.2) is 4.79 Å². The molecule has 0 fully saturated rings. The molecular formula is C42H62F2N4O6. The summed E-state index contributed by atoms with van der Waals surface area (Å²) in [5.74, 6) is -10.2. The number of amides is 4. The Balaban J connectivity index is 2.43. The number of ether oxygens (including phenoxy) is 1. The van der Waals surface area contributed by atoms with Crippen molar-refractivity contribution in [3.8, 4) is 0 Å². The molecule has 0 saturated carbocycles. The molecule has 10 nitrogen and oxygen atoms in total. The van der Waals surface area contributed by atoms with Crippen molar-refractivity contribution >= 4 is 29.6 Å². The first kappa shape index (κ1) is 46.0. The van der Waals surface area contributed by atoms with Crippen molar-refractivity contribution in [1.82, 2.24) is 15.5 Å². The SMILES string of the molecule is CC(C)CC(CCCc1ccccc1)C(=O)N(CC(F)(F)C(=O)C(CC(C)C)NC(=O)[C@H](Cc1ccccc1)NC(=O)OC(C)(C)C)C(=O)[C@@H](N)C(C)C. The number of hydrogen-bond donors (Lipinski definition) is 3. The van der Waals surface area contributed by atoms with Gasteiger partial charge in [-0.05, 0) is 81.8 Å². The van der Waals surface area contributed by atoms with E-state index in [1.54, 1.807) is 78.8 Å². The summed E-state index contributed by atoms with van der Waals surface area (Å²) in [6, 6.07) is 14.1. The molecule has 2 aromatic rings. The second-order valence-corrected chi connectivity index (χ2v) is 16.4. The van der Waals surface area contributed by atoms with Crippen LogP contribution in [0, 0.1) is 23.7 Å². The summed E-state index contributed by atoms with van der Waals surface area (Å²) in [5, 5.41) is 4.97. The summed E-state index contributed by atoms with van der Waals surface area (Å²) in [5.41, 5.74) is 7.01. The van der Waals surface area contributed by atoms with Gasteiger partial charge < -0.3 is 21.1 Å². The number of nitrogens with zero attached hydrogens (tertiary/aromatic N) is 1. The van der Waals surface area contributed by atoms with E-state index >= 15 is 8.78 Å². The highest BCUT2D eigenvalue weighted by Crippen LogP contribution is 2.27. The third kappa shape index (κ3) is 15.7. The van der Waals surface area contributed by atoms with Crippen LogP contribution in [0.2, 0.25) is 0 Å². The molecule has 0 bridgehead atoms. The third-order valence-electron chi connectivity index (χ3n) is 8.85. The van der Waals surface area contributed by atoms with Crippen LogP contribution in [-0.4, -0.2) is 70.7 Å². The number of carbonyl (C=O) groups is 5. The van der Waals surface area contributed by atoms with Gasteiger partial charge in [0.15, 0.2) is 0 Å². The maximum atomic E-state index is 16.4. The Morgan fingerprint density at radius 1 is 0.759 bits per heavy atom. The molecule has 4 atom stereocenters. The molecule has 2 aromatic carbocycles. The summed E-state index contributed by atoms with van der Waals surface area (Å²) in [6.07, 6.45) is 0.819. The summed E-state index contributed by atoms with van der Waals surface area (Å²) in [6.45, 7) is 14.0. The zero-order valence-corrected chi connectivity index (χ0v) is 33.5. The minimum Gasteiger partial charge on any atom is -0.444 e. The quantitative estimate of drug-likeness (QED) is 0.133. The Kier molecular flexibility index (Phi) is 17.9. The van der Waals surface area contributed by atoms with E-state index in [4.69, 9.17) is 10.5 Å². The minimum atomic E-state index is -4.26. The lowest BCUT2D eigenvalue weighted by atomic mass is 9.89. The fourth-order valence-corrected chi connectivity index (χ4v) is 6.07. The Hall–Kier alpha value is -4.19. The van der Waals surface area contributed by atoms with Gasteiger partial charge in [0, 0.05) is 12.3 Å². The highest BCUT2D eigenvalue weighted by Gasteiger charge is 2.49. The molecule has 4 N–H and O–H groups in total. The number of hydrogen-bond acceptors (Lipinski definition) is 7. The summed E-state index contributed by atoms with van der Waals surface area (Å²) < 4.78 is 38.1. The smallest absolute Gasteiger partial charge is 0.408 e. The lowest BCUT2D eigenvalue weighted by Gasteiger charge is -2.33. The van der Waals surface area contributed by atoms with Crippen LogP contribution in [0.5, 0.6) is 0 Å². The van der Waals surface area contributed by atoms with Crippen LogP contribution < -0.4 is 16.4 Å². The largest absolute Gasteiger partial charge is 0.444 e. The second kappa shape index (κ2) is 21.0. The molecule has 0 aliphatic rings. The first-order chi connectivity index (χ1) is 25.1. The van der Waals surface area contributed by atoms with Crippen molar-refractivity contribution in [3.63, 3.8) is 0 Å². The van der Waals surface area contributed by atoms with Crippen LogP contribution in [0.25, 0.3) is 0 Å². The van der Waals surface area contributed by atoms with Gasteiger partial charge in [-0.1, -0.05) is 102 Å². The van der Waals surface area contributed by atoms with Crippen molar-refractivity contribution in [3.05, 3.63) is 71.8 Å². The molecule has 0 saturated heterocycles. The Bertz CT molecular complexity index is 1510. The molecule has 2 rings (SSSR count). The molecule has 0 aliphatic heterocycles. The van der Waals surface area contributed by atoms with E-state index in [1.165, 1.54) is 0 Å². The predicted molar refractivity (Wildman–Crippen MR) is 207 cm³/mol. The number of alkyl carbamates (subject to hydrolysis) is 1. The van der Waals surface area contributed by atoms with Gasteiger partial charge in [0.05, 0.1) is 12.1 Å². The highest BCUT2D eigenvalue weighted by atomic mass is 19.3. The van der Waals surface area contributed by atoms with Crippen LogP contribution in [0.15, 0.2) is 60.7 Å². The number of halogens is 2. The Morgan fingerprint density at radius 3 is 1.80 bits per heavy atom. The maximum absolute atomic E-state index is 16.4. The van der Waals surface area contributed by atoms with E-state index in [0.717, 1.165) is 5.56 Å². The lowest BCUT2D eigenvalue weighted by molar-refractivity contribution is -0.162. The molecule has 300 valence electrons. The van der Waals surface area contributed by atoms with Gasteiger partial charge in [-0.2, -0.15) is 8.78 Å². The van der Waals surface area contributed by atoms with Gasteiger partial charge in [-0.3, -0.25) is 24.1 Å². The molecule has 0 aromatic heterocycles. The highest BCUT2D eigenvalue weighted by molar-refractivity contribution is 6.01. The van der Waals surface area contributed by atoms with Crippen molar-refractivity contribution < 1.29 is 37.5 Å². The first-order valence-corrected chi connectivity index (χ1v) is 19.0. The molecule has 2 unspecified atom stereocenters. The van der Waals surface area contributed by atoms with Gasteiger partial charge in [-0.15, -0.1) is 0 Å². The number of alkyl halides is 2. The van der Waals surface area contributed by atoms with Crippen LogP contribution >= 0.6 is 0 Å². The zero-order valence-electron chi connectivity index (χ0n) is 33.5. The van der Waals surface area contributed by atoms with Crippen molar-refractivity contribution in [2.45, 2.75) is 130 Å². The van der Waals surface area contributed by atoms with Gasteiger partial charge >= 0.3 is 12.0 Å². The number of rotatable bonds is 20. The van der Waals surface area contributed by atoms with E-state index in [9.17, 15) is 24.0 Å². The standard InChI is InChI=1S/C42H62F2N4O6/c1-27(2)23-32(22-16-21-30-17-12-10-13-18-30)38(51)48(39(52)35(45)29(5)6)26-42(43,44)36(49)33(24-28(3)4)46-37(50)34(25-31-19-14-11-15-20-31)47-40(53)54-41(7,8)9/h10-15,17-20,27-29,32-35H,16,21-26,45H2,1-9H3,(H,46,50)(H,47,53)/t32?,33?,34-,35-/m0/s1. The minimum absolute atomic E-state index is 0.0114. The average Bonchev–Trinajstić information content (AvgIpc) is 3.08. The Morgan fingerprint density at radius 2 is 1.30 bits per heavy atom. The normalized spacial score (nSPS) is 14.3. The number of nitrogens with two attached hydrogens (primary N) is 1. The molecule has 54 heavy (non-hydrogen) atoms. The van der Waals surface area contributed by atoms with Crippen molar-refractivity contribution in [1.29, 1.82) is 0 Å². The van der Waals surface area contributed by atoms with Crippen LogP contribution in [0.3, 0.4) is 0 Å². The zero-order chi connectivity index (χ0) is 40.8. The van der Waals surface area contributed by atoms with E-state index in [-0.39, 0.29) is 24.7 Å². The maximum Gasteiger partial charge on any atom is 0.408 e. The van der Waals surface area contributed by atoms with Gasteiger partial charge in [0.25, 0.3) is 0 Å². The molecule has 0 spiro atoms. The number of carbonyl (C=O) groups excluding carboxylic acids is 5. The molecule has 0 radical (unpaired) electrons. The summed E-state index contributed by atoms with van der Waals surface area (Å²) in [7, 11) is 0. The lowest BCUT2D eigenvalue weighted by Crippen LogP contribution is -2.59. The van der Waals surface area contributed by atoms with Gasteiger partial charge in [0.2, 0.25) is 23.5 Å². The summed E-state index contributed by atoms with van der Waals surface area (Å²) >= 11 is 0. The number of imide groups is 1. The monoisotopic (exact) mass is 756 g/mol. The predicted octanol–water partition coefficient (Wildman–Crippen LogP) is 6.88. The van der Waals surface area contributed by atoms with Crippen molar-refractivity contribution in [2.75, 3.05) is 6.54 Å². The molecular weight excluding hydrogens is 694 g/mol. The van der Waals surface area contributed by atoms with E-state index in [2.05, 4.69) is 10.6 Å². The number of Topliss-reactive ketones (excluding diaryl/α,β-unsaturated/α-hetero) is 1. The molecule has 12 heteroatoms. The van der Waals surface area contributed by atoms with Gasteiger partial charge in [0.1, 0.15) is 18.2 Å². The number of benzene rings is 2. The van der Waals surface area contributed by atoms with Crippen LogP contribution in [-0.2, 0) is 36.8 Å². The fraction of sp³-hybridized carbons (Fsp3) is 0.595. The fourth-order valence-electron chi connectivity index (χ4n) is 6.07. The van der Waals surface area contributed by atoms with Crippen molar-refractivity contribution in [2.24, 2.45) is 29.4 Å². The number of ketones is 1. The Labute approximate surface area is 320 Å². The second-order valence-electron chi connectivity index (χ2n) is 16.4. The van der Waals surface area contributed by atoms with E-state index in [1.807, 2.05) is 44.2 Å². The molecule has 0 heterocycles. The molecule has 0 aliphatic carbocycles. The van der Waals surface area contributed by atoms with E-state index < -0.39 is 77.6 Å². The molecule has 4 amide bonds. The number of aryl methyl sites for hydroxylation is 1. The van der Waals surface area contributed by atoms with Crippen LogP contribution in [0.4, 0.5) is 13.6 Å². The van der Waals surface area contributed by atoms with E-state index in [0.29, 0.717) is 36.1 Å². The first-order valence-electron chi connectivity index (χ1n) is 19.0. The third-order valence-corrected chi connectivity index (χ3v) is 8.85. The summed E-state index contributed by atoms with van der Waals surface area (Å²) in [4.78, 5) is 68.7. The number of nitrogens with one attached hydrogen (secondary N) is 2.